The van der Waals surface area contributed by atoms with Gasteiger partial charge in [-0.15, -0.1) is 0 Å². The van der Waals surface area contributed by atoms with Crippen LogP contribution in [0.4, 0.5) is 4.39 Å². The number of likely N-dealkylation sites (tertiary alicyclic amines) is 2. The number of rotatable bonds is 8. The average Bonchev–Trinajstić information content (AvgIpc) is 3.48. The number of hydrogen-bond acceptors (Lipinski definition) is 4. The first-order chi connectivity index (χ1) is 18.0. The Bertz CT molecular complexity index is 1230. The molecule has 0 bridgehead atoms. The molecule has 2 aliphatic heterocycles. The molecule has 3 aromatic rings. The number of carboxylic acid groups (broad SMARTS) is 1. The van der Waals surface area contributed by atoms with Gasteiger partial charge in [0.2, 0.25) is 0 Å². The van der Waals surface area contributed by atoms with Crippen LogP contribution in [0.5, 0.6) is 0 Å². The Morgan fingerprint density at radius 1 is 1.08 bits per heavy atom. The number of fused-ring (bicyclic) bond motifs is 1. The van der Waals surface area contributed by atoms with E-state index in [9.17, 15) is 14.3 Å². The van der Waals surface area contributed by atoms with Gasteiger partial charge in [0.1, 0.15) is 17.5 Å². The van der Waals surface area contributed by atoms with E-state index in [2.05, 4.69) is 31.4 Å². The lowest BCUT2D eigenvalue weighted by Gasteiger charge is -2.35. The lowest BCUT2D eigenvalue weighted by atomic mass is 9.80. The first kappa shape index (κ1) is 24.6. The zero-order valence-corrected chi connectivity index (χ0v) is 21.4. The molecular formula is C30H37FN4O2. The number of aliphatic carboxylic acids is 1. The molecule has 1 aliphatic carbocycles. The lowest BCUT2D eigenvalue weighted by Crippen LogP contribution is -2.43. The molecule has 4 heterocycles. The maximum atomic E-state index is 14.2. The summed E-state index contributed by atoms with van der Waals surface area (Å²) < 4.78 is 16.4. The highest BCUT2D eigenvalue weighted by molar-refractivity contribution is 5.73. The fraction of sp³-hybridized carbons (Fsp3) is 0.533. The topological polar surface area (TPSA) is 61.1 Å². The minimum absolute atomic E-state index is 0.149. The van der Waals surface area contributed by atoms with E-state index in [1.807, 2.05) is 24.4 Å². The van der Waals surface area contributed by atoms with E-state index in [1.165, 1.54) is 18.2 Å². The molecule has 1 aromatic carbocycles. The SMILES string of the molecule is O=C(O)[C@@H](CC1CCC1)N1CC(CN2CCC(c3cnc4ccccn34)CC2)[C@@H](c2cccc(F)c2)C1. The predicted molar refractivity (Wildman–Crippen MR) is 141 cm³/mol. The number of aromatic nitrogens is 2. The highest BCUT2D eigenvalue weighted by Crippen LogP contribution is 2.39. The van der Waals surface area contributed by atoms with Crippen LogP contribution < -0.4 is 0 Å². The summed E-state index contributed by atoms with van der Waals surface area (Å²) in [6.07, 6.45) is 10.6. The fourth-order valence-electron chi connectivity index (χ4n) is 6.91. The molecule has 2 saturated heterocycles. The molecular weight excluding hydrogens is 467 g/mol. The van der Waals surface area contributed by atoms with Gasteiger partial charge in [0.05, 0.1) is 0 Å². The van der Waals surface area contributed by atoms with Crippen LogP contribution in [0.3, 0.4) is 0 Å². The number of hydrogen-bond donors (Lipinski definition) is 1. The van der Waals surface area contributed by atoms with Gasteiger partial charge in [-0.25, -0.2) is 9.37 Å². The standard InChI is InChI=1S/C30H37FN4O2/c31-25-8-4-7-23(16-25)26-20-34(27(30(36)37)15-21-5-3-6-21)19-24(26)18-33-13-10-22(11-14-33)28-17-32-29-9-1-2-12-35(28)29/h1-2,4,7-9,12,16-17,21-22,24,26-27H,3,5-6,10-11,13-15,18-20H2,(H,36,37)/t24?,26-,27-/m1/s1. The van der Waals surface area contributed by atoms with Crippen molar-refractivity contribution in [1.29, 1.82) is 0 Å². The molecule has 1 N–H and O–H groups in total. The first-order valence-corrected chi connectivity index (χ1v) is 13.9. The second-order valence-corrected chi connectivity index (χ2v) is 11.4. The van der Waals surface area contributed by atoms with Gasteiger partial charge in [0.25, 0.3) is 0 Å². The van der Waals surface area contributed by atoms with Crippen LogP contribution in [0.1, 0.15) is 61.6 Å². The number of nitrogens with zero attached hydrogens (tertiary/aromatic N) is 4. The molecule has 3 fully saturated rings. The van der Waals surface area contributed by atoms with Crippen LogP contribution in [0.25, 0.3) is 5.65 Å². The zero-order valence-electron chi connectivity index (χ0n) is 21.4. The van der Waals surface area contributed by atoms with E-state index < -0.39 is 12.0 Å². The van der Waals surface area contributed by atoms with Gasteiger partial charge >= 0.3 is 5.97 Å². The van der Waals surface area contributed by atoms with E-state index in [0.717, 1.165) is 69.5 Å². The number of carbonyl (C=O) groups is 1. The van der Waals surface area contributed by atoms with Gasteiger partial charge in [-0.3, -0.25) is 9.69 Å². The molecule has 3 aliphatic rings. The molecule has 6 nitrogen and oxygen atoms in total. The third-order valence-corrected chi connectivity index (χ3v) is 9.20. The van der Waals surface area contributed by atoms with E-state index in [1.54, 1.807) is 12.1 Å². The summed E-state index contributed by atoms with van der Waals surface area (Å²) in [7, 11) is 0. The van der Waals surface area contributed by atoms with Crippen molar-refractivity contribution in [3.05, 3.63) is 71.9 Å². The molecule has 6 rings (SSSR count). The summed E-state index contributed by atoms with van der Waals surface area (Å²) >= 11 is 0. The van der Waals surface area contributed by atoms with Gasteiger partial charge in [0.15, 0.2) is 0 Å². The molecule has 7 heteroatoms. The van der Waals surface area contributed by atoms with Crippen molar-refractivity contribution in [3.63, 3.8) is 0 Å². The lowest BCUT2D eigenvalue weighted by molar-refractivity contribution is -0.144. The number of benzene rings is 1. The number of piperidine rings is 1. The Morgan fingerprint density at radius 3 is 2.65 bits per heavy atom. The van der Waals surface area contributed by atoms with Gasteiger partial charge in [-0.1, -0.05) is 37.5 Å². The molecule has 0 spiro atoms. The minimum atomic E-state index is -0.709. The van der Waals surface area contributed by atoms with Gasteiger partial charge < -0.3 is 14.4 Å². The largest absolute Gasteiger partial charge is 0.480 e. The van der Waals surface area contributed by atoms with E-state index in [4.69, 9.17) is 0 Å². The number of carboxylic acids is 1. The van der Waals surface area contributed by atoms with Crippen LogP contribution in [-0.4, -0.2) is 69.0 Å². The van der Waals surface area contributed by atoms with Crippen LogP contribution in [-0.2, 0) is 4.79 Å². The fourth-order valence-corrected chi connectivity index (χ4v) is 6.91. The Kier molecular flexibility index (Phi) is 7.00. The monoisotopic (exact) mass is 504 g/mol. The quantitative estimate of drug-likeness (QED) is 0.467. The van der Waals surface area contributed by atoms with Crippen molar-refractivity contribution in [2.75, 3.05) is 32.7 Å². The van der Waals surface area contributed by atoms with Crippen molar-refractivity contribution < 1.29 is 14.3 Å². The second-order valence-electron chi connectivity index (χ2n) is 11.4. The number of imidazole rings is 1. The third kappa shape index (κ3) is 5.16. The Morgan fingerprint density at radius 2 is 1.92 bits per heavy atom. The molecule has 1 saturated carbocycles. The molecule has 0 radical (unpaired) electrons. The first-order valence-electron chi connectivity index (χ1n) is 13.9. The highest BCUT2D eigenvalue weighted by atomic mass is 19.1. The van der Waals surface area contributed by atoms with Crippen molar-refractivity contribution in [1.82, 2.24) is 19.2 Å². The maximum absolute atomic E-state index is 14.2. The Labute approximate surface area is 218 Å². The summed E-state index contributed by atoms with van der Waals surface area (Å²) in [4.78, 5) is 21.6. The predicted octanol–water partition coefficient (Wildman–Crippen LogP) is 5.01. The van der Waals surface area contributed by atoms with Crippen LogP contribution >= 0.6 is 0 Å². The van der Waals surface area contributed by atoms with Crippen LogP contribution in [0.15, 0.2) is 54.9 Å². The number of halogens is 1. The Balaban J connectivity index is 1.15. The molecule has 37 heavy (non-hydrogen) atoms. The van der Waals surface area contributed by atoms with Crippen molar-refractivity contribution >= 4 is 11.6 Å². The Hall–Kier alpha value is -2.77. The normalized spacial score (nSPS) is 24.9. The smallest absolute Gasteiger partial charge is 0.320 e. The van der Waals surface area contributed by atoms with Crippen molar-refractivity contribution in [2.24, 2.45) is 11.8 Å². The molecule has 196 valence electrons. The zero-order chi connectivity index (χ0) is 25.4. The summed E-state index contributed by atoms with van der Waals surface area (Å²) in [6, 6.07) is 12.6. The summed E-state index contributed by atoms with van der Waals surface area (Å²) in [6.45, 7) is 4.41. The van der Waals surface area contributed by atoms with E-state index in [0.29, 0.717) is 18.4 Å². The maximum Gasteiger partial charge on any atom is 0.320 e. The van der Waals surface area contributed by atoms with Gasteiger partial charge in [-0.2, -0.15) is 0 Å². The van der Waals surface area contributed by atoms with Crippen LogP contribution in [0.2, 0.25) is 0 Å². The molecule has 0 amide bonds. The second kappa shape index (κ2) is 10.5. The summed E-state index contributed by atoms with van der Waals surface area (Å²) in [5.41, 5.74) is 3.29. The third-order valence-electron chi connectivity index (χ3n) is 9.20. The minimum Gasteiger partial charge on any atom is -0.480 e. The summed E-state index contributed by atoms with van der Waals surface area (Å²) in [5.74, 6) is 0.540. The van der Waals surface area contributed by atoms with Crippen molar-refractivity contribution in [3.8, 4) is 0 Å². The summed E-state index contributed by atoms with van der Waals surface area (Å²) in [5, 5.41) is 10.1. The average molecular weight is 505 g/mol. The van der Waals surface area contributed by atoms with E-state index in [-0.39, 0.29) is 17.7 Å². The van der Waals surface area contributed by atoms with E-state index >= 15 is 0 Å². The van der Waals surface area contributed by atoms with Crippen LogP contribution in [0, 0.1) is 17.7 Å². The van der Waals surface area contributed by atoms with Gasteiger partial charge in [-0.05, 0) is 74.0 Å². The van der Waals surface area contributed by atoms with Crippen molar-refractivity contribution in [2.45, 2.75) is 56.4 Å². The van der Waals surface area contributed by atoms with Gasteiger partial charge in [0, 0.05) is 49.6 Å². The number of pyridine rings is 1. The molecule has 2 aromatic heterocycles. The molecule has 3 atom stereocenters. The highest BCUT2D eigenvalue weighted by Gasteiger charge is 2.41. The molecule has 1 unspecified atom stereocenters.